The van der Waals surface area contributed by atoms with E-state index in [1.165, 1.54) is 13.3 Å². The molecule has 0 aromatic heterocycles. The fraction of sp³-hybridized carbons (Fsp3) is 0.545. The van der Waals surface area contributed by atoms with E-state index in [1.54, 1.807) is 12.2 Å². The van der Waals surface area contributed by atoms with Gasteiger partial charge in [0.15, 0.2) is 0 Å². The third-order valence-electron chi connectivity index (χ3n) is 1.34. The summed E-state index contributed by atoms with van der Waals surface area (Å²) < 4.78 is 4.68. The molecule has 0 aromatic rings. The highest BCUT2D eigenvalue weighted by Gasteiger charge is 1.84. The second kappa shape index (κ2) is 8.86. The van der Waals surface area contributed by atoms with Crippen molar-refractivity contribution in [2.45, 2.75) is 33.1 Å². The molecule has 0 atom stereocenters. The van der Waals surface area contributed by atoms with Gasteiger partial charge in [0.1, 0.15) is 6.61 Å². The lowest BCUT2D eigenvalue weighted by Crippen LogP contribution is -1.96. The van der Waals surface area contributed by atoms with Gasteiger partial charge in [0.25, 0.3) is 0 Å². The summed E-state index contributed by atoms with van der Waals surface area (Å²) in [7, 11) is 0. The van der Waals surface area contributed by atoms with Crippen molar-refractivity contribution in [2.75, 3.05) is 6.61 Å². The zero-order valence-electron chi connectivity index (χ0n) is 8.30. The average molecular weight is 180 g/mol. The Balaban J connectivity index is 3.37. The summed E-state index contributed by atoms with van der Waals surface area (Å²) in [6, 6.07) is 0. The number of hydrogen-bond acceptors (Lipinski definition) is 2. The van der Waals surface area contributed by atoms with Gasteiger partial charge in [-0.3, -0.25) is 4.79 Å². The van der Waals surface area contributed by atoms with E-state index >= 15 is 0 Å². The van der Waals surface area contributed by atoms with Crippen molar-refractivity contribution in [3.63, 3.8) is 0 Å². The predicted octanol–water partition coefficient (Wildman–Crippen LogP) is 2.30. The van der Waals surface area contributed by atoms with Gasteiger partial charge in [0, 0.05) is 13.3 Å². The fourth-order valence-electron chi connectivity index (χ4n) is 0.669. The molecule has 0 amide bonds. The maximum absolute atomic E-state index is 10.3. The van der Waals surface area contributed by atoms with Crippen LogP contribution in [0.3, 0.4) is 0 Å². The van der Waals surface area contributed by atoms with Crippen molar-refractivity contribution in [1.29, 1.82) is 0 Å². The molecule has 0 aromatic carbocycles. The molecule has 0 aliphatic heterocycles. The number of unbranched alkanes of at least 4 members (excludes halogenated alkanes) is 2. The van der Waals surface area contributed by atoms with Gasteiger partial charge in [-0.25, -0.2) is 0 Å². The normalized spacial score (nSPS) is 9.38. The SMILES string of the molecule is CCCCC#C/C=C\COC(C)=O. The van der Waals surface area contributed by atoms with Gasteiger partial charge in [-0.15, -0.1) is 0 Å². The van der Waals surface area contributed by atoms with Gasteiger partial charge in [0.05, 0.1) is 0 Å². The summed E-state index contributed by atoms with van der Waals surface area (Å²) >= 11 is 0. The van der Waals surface area contributed by atoms with Crippen LogP contribution < -0.4 is 0 Å². The maximum Gasteiger partial charge on any atom is 0.302 e. The Morgan fingerprint density at radius 1 is 1.54 bits per heavy atom. The molecule has 0 unspecified atom stereocenters. The van der Waals surface area contributed by atoms with E-state index in [9.17, 15) is 4.79 Å². The Hall–Kier alpha value is -1.23. The molecule has 0 bridgehead atoms. The van der Waals surface area contributed by atoms with Crippen molar-refractivity contribution in [3.05, 3.63) is 12.2 Å². The fourth-order valence-corrected chi connectivity index (χ4v) is 0.669. The number of carbonyl (C=O) groups excluding carboxylic acids is 1. The van der Waals surface area contributed by atoms with Crippen LogP contribution in [0.4, 0.5) is 0 Å². The molecule has 0 spiro atoms. The lowest BCUT2D eigenvalue weighted by Gasteiger charge is -1.92. The van der Waals surface area contributed by atoms with Crippen molar-refractivity contribution in [3.8, 4) is 11.8 Å². The van der Waals surface area contributed by atoms with Gasteiger partial charge in [-0.2, -0.15) is 0 Å². The number of carbonyl (C=O) groups is 1. The third kappa shape index (κ3) is 10.8. The van der Waals surface area contributed by atoms with E-state index in [0.29, 0.717) is 6.61 Å². The first-order chi connectivity index (χ1) is 6.27. The quantitative estimate of drug-likeness (QED) is 0.377. The van der Waals surface area contributed by atoms with E-state index in [-0.39, 0.29) is 5.97 Å². The van der Waals surface area contributed by atoms with Crippen LogP contribution in [0.25, 0.3) is 0 Å². The van der Waals surface area contributed by atoms with E-state index < -0.39 is 0 Å². The molecule has 0 aliphatic rings. The van der Waals surface area contributed by atoms with E-state index in [1.807, 2.05) is 0 Å². The first-order valence-corrected chi connectivity index (χ1v) is 4.54. The zero-order chi connectivity index (χ0) is 9.94. The lowest BCUT2D eigenvalue weighted by molar-refractivity contribution is -0.139. The number of hydrogen-bond donors (Lipinski definition) is 0. The van der Waals surface area contributed by atoms with Gasteiger partial charge < -0.3 is 4.74 Å². The monoisotopic (exact) mass is 180 g/mol. The summed E-state index contributed by atoms with van der Waals surface area (Å²) in [5, 5.41) is 0. The molecular formula is C11H16O2. The lowest BCUT2D eigenvalue weighted by atomic mass is 10.2. The zero-order valence-corrected chi connectivity index (χ0v) is 8.30. The number of ether oxygens (including phenoxy) is 1. The first kappa shape index (κ1) is 11.8. The van der Waals surface area contributed by atoms with Crippen LogP contribution in [0.1, 0.15) is 33.1 Å². The number of rotatable bonds is 4. The summed E-state index contributed by atoms with van der Waals surface area (Å²) in [6.45, 7) is 3.84. The average Bonchev–Trinajstić information content (AvgIpc) is 2.09. The minimum Gasteiger partial charge on any atom is -0.462 e. The second-order valence-electron chi connectivity index (χ2n) is 2.63. The molecule has 0 rings (SSSR count). The molecule has 2 heteroatoms. The molecule has 72 valence electrons. The Kier molecular flexibility index (Phi) is 8.02. The van der Waals surface area contributed by atoms with Gasteiger partial charge in [-0.1, -0.05) is 25.2 Å². The van der Waals surface area contributed by atoms with Crippen LogP contribution in [-0.2, 0) is 9.53 Å². The second-order valence-corrected chi connectivity index (χ2v) is 2.63. The van der Waals surface area contributed by atoms with E-state index in [0.717, 1.165) is 12.8 Å². The van der Waals surface area contributed by atoms with Crippen molar-refractivity contribution >= 4 is 5.97 Å². The molecule has 0 saturated heterocycles. The summed E-state index contributed by atoms with van der Waals surface area (Å²) in [5.74, 6) is 5.61. The Morgan fingerprint density at radius 3 is 2.92 bits per heavy atom. The number of esters is 1. The minimum absolute atomic E-state index is 0.261. The third-order valence-corrected chi connectivity index (χ3v) is 1.34. The highest BCUT2D eigenvalue weighted by atomic mass is 16.5. The smallest absolute Gasteiger partial charge is 0.302 e. The Labute approximate surface area is 80.0 Å². The molecule has 0 aliphatic carbocycles. The Morgan fingerprint density at radius 2 is 2.31 bits per heavy atom. The van der Waals surface area contributed by atoms with Gasteiger partial charge in [-0.05, 0) is 18.6 Å². The van der Waals surface area contributed by atoms with Crippen LogP contribution in [0.15, 0.2) is 12.2 Å². The van der Waals surface area contributed by atoms with Crippen LogP contribution in [0.5, 0.6) is 0 Å². The van der Waals surface area contributed by atoms with Crippen molar-refractivity contribution in [2.24, 2.45) is 0 Å². The summed E-state index contributed by atoms with van der Waals surface area (Å²) in [4.78, 5) is 10.3. The number of allylic oxidation sites excluding steroid dienone is 1. The molecular weight excluding hydrogens is 164 g/mol. The van der Waals surface area contributed by atoms with E-state index in [2.05, 4.69) is 23.5 Å². The molecule has 0 heterocycles. The van der Waals surface area contributed by atoms with Crippen LogP contribution in [0.2, 0.25) is 0 Å². The molecule has 0 radical (unpaired) electrons. The highest BCUT2D eigenvalue weighted by Crippen LogP contribution is 1.90. The molecule has 13 heavy (non-hydrogen) atoms. The Bertz CT molecular complexity index is 218. The van der Waals surface area contributed by atoms with Crippen molar-refractivity contribution in [1.82, 2.24) is 0 Å². The van der Waals surface area contributed by atoms with Crippen molar-refractivity contribution < 1.29 is 9.53 Å². The van der Waals surface area contributed by atoms with Crippen LogP contribution in [0, 0.1) is 11.8 Å². The van der Waals surface area contributed by atoms with Gasteiger partial charge >= 0.3 is 5.97 Å². The molecule has 0 saturated carbocycles. The largest absolute Gasteiger partial charge is 0.462 e. The predicted molar refractivity (Wildman–Crippen MR) is 53.1 cm³/mol. The molecule has 0 N–H and O–H groups in total. The van der Waals surface area contributed by atoms with Crippen LogP contribution in [-0.4, -0.2) is 12.6 Å². The molecule has 2 nitrogen and oxygen atoms in total. The van der Waals surface area contributed by atoms with Gasteiger partial charge in [0.2, 0.25) is 0 Å². The van der Waals surface area contributed by atoms with Crippen LogP contribution >= 0.6 is 0 Å². The minimum atomic E-state index is -0.261. The standard InChI is InChI=1S/C11H16O2/c1-3-4-5-6-7-8-9-10-13-11(2)12/h8-9H,3-5,10H2,1-2H3/b9-8-. The topological polar surface area (TPSA) is 26.3 Å². The maximum atomic E-state index is 10.3. The highest BCUT2D eigenvalue weighted by molar-refractivity contribution is 5.66. The van der Waals surface area contributed by atoms with E-state index in [4.69, 9.17) is 0 Å². The summed E-state index contributed by atoms with van der Waals surface area (Å²) in [5.41, 5.74) is 0. The molecule has 0 fully saturated rings. The summed E-state index contributed by atoms with van der Waals surface area (Å²) in [6.07, 6.45) is 6.71. The first-order valence-electron chi connectivity index (χ1n) is 4.54.